The molecule has 0 aliphatic carbocycles. The maximum atomic E-state index is 12.6. The van der Waals surface area contributed by atoms with Crippen molar-refractivity contribution in [1.29, 1.82) is 0 Å². The van der Waals surface area contributed by atoms with Crippen molar-refractivity contribution in [2.24, 2.45) is 0 Å². The predicted molar refractivity (Wildman–Crippen MR) is 75.1 cm³/mol. The van der Waals surface area contributed by atoms with Crippen LogP contribution < -0.4 is 5.32 Å². The van der Waals surface area contributed by atoms with E-state index in [1.54, 1.807) is 18.2 Å². The van der Waals surface area contributed by atoms with Gasteiger partial charge < -0.3 is 15.3 Å². The number of amides is 2. The van der Waals surface area contributed by atoms with Gasteiger partial charge in [-0.15, -0.1) is 0 Å². The van der Waals surface area contributed by atoms with Gasteiger partial charge in [-0.3, -0.25) is 9.59 Å². The molecule has 0 radical (unpaired) electrons. The van der Waals surface area contributed by atoms with Crippen LogP contribution in [0.1, 0.15) is 35.2 Å². The highest BCUT2D eigenvalue weighted by Gasteiger charge is 2.33. The Balaban J connectivity index is 1.86. The molecule has 21 heavy (non-hydrogen) atoms. The molecular weight excluding hydrogens is 272 g/mol. The summed E-state index contributed by atoms with van der Waals surface area (Å²) in [5, 5.41) is 12.0. The molecule has 0 saturated carbocycles. The van der Waals surface area contributed by atoms with Crippen LogP contribution in [0.3, 0.4) is 0 Å². The molecule has 2 N–H and O–H groups in total. The van der Waals surface area contributed by atoms with E-state index in [0.29, 0.717) is 18.5 Å². The highest BCUT2D eigenvalue weighted by atomic mass is 16.4. The molecule has 0 bridgehead atoms. The normalized spacial score (nSPS) is 20.9. The fourth-order valence-electron chi connectivity index (χ4n) is 2.96. The zero-order valence-corrected chi connectivity index (χ0v) is 11.5. The number of aliphatic carboxylic acids is 1. The first-order chi connectivity index (χ1) is 10.1. The number of rotatable bonds is 2. The summed E-state index contributed by atoms with van der Waals surface area (Å²) in [4.78, 5) is 36.6. The molecule has 2 heterocycles. The highest BCUT2D eigenvalue weighted by Crippen LogP contribution is 2.26. The lowest BCUT2D eigenvalue weighted by molar-refractivity contribution is -0.143. The number of hydrogen-bond acceptors (Lipinski definition) is 3. The molecule has 1 aromatic carbocycles. The largest absolute Gasteiger partial charge is 0.480 e. The van der Waals surface area contributed by atoms with Crippen molar-refractivity contribution in [3.05, 3.63) is 29.3 Å². The molecule has 6 heteroatoms. The van der Waals surface area contributed by atoms with Crippen LogP contribution in [0.15, 0.2) is 18.2 Å². The Morgan fingerprint density at radius 3 is 2.86 bits per heavy atom. The number of carbonyl (C=O) groups is 3. The van der Waals surface area contributed by atoms with Crippen molar-refractivity contribution in [2.45, 2.75) is 31.7 Å². The molecule has 1 unspecified atom stereocenters. The summed E-state index contributed by atoms with van der Waals surface area (Å²) in [7, 11) is 0. The van der Waals surface area contributed by atoms with Crippen molar-refractivity contribution in [1.82, 2.24) is 4.90 Å². The van der Waals surface area contributed by atoms with E-state index in [4.69, 9.17) is 0 Å². The van der Waals surface area contributed by atoms with E-state index < -0.39 is 12.0 Å². The summed E-state index contributed by atoms with van der Waals surface area (Å²) in [6, 6.07) is 4.27. The zero-order valence-electron chi connectivity index (χ0n) is 11.5. The summed E-state index contributed by atoms with van der Waals surface area (Å²) in [5.41, 5.74) is 1.96. The second-order valence-corrected chi connectivity index (χ2v) is 5.45. The topological polar surface area (TPSA) is 86.7 Å². The van der Waals surface area contributed by atoms with E-state index in [-0.39, 0.29) is 18.2 Å². The Labute approximate surface area is 121 Å². The van der Waals surface area contributed by atoms with Crippen LogP contribution in [-0.4, -0.2) is 40.4 Å². The lowest BCUT2D eigenvalue weighted by atomic mass is 10.00. The second-order valence-electron chi connectivity index (χ2n) is 5.45. The maximum absolute atomic E-state index is 12.6. The van der Waals surface area contributed by atoms with Crippen LogP contribution in [0.25, 0.3) is 0 Å². The van der Waals surface area contributed by atoms with Crippen molar-refractivity contribution in [3.63, 3.8) is 0 Å². The number of benzene rings is 1. The number of hydrogen-bond donors (Lipinski definition) is 2. The van der Waals surface area contributed by atoms with Gasteiger partial charge >= 0.3 is 5.97 Å². The summed E-state index contributed by atoms with van der Waals surface area (Å²) in [6.07, 6.45) is 2.40. The Bertz CT molecular complexity index is 626. The lowest BCUT2D eigenvalue weighted by Gasteiger charge is -2.33. The number of nitrogens with one attached hydrogen (secondary N) is 1. The van der Waals surface area contributed by atoms with Gasteiger partial charge in [-0.25, -0.2) is 4.79 Å². The van der Waals surface area contributed by atoms with Gasteiger partial charge in [0.05, 0.1) is 6.42 Å². The average Bonchev–Trinajstić information content (AvgIpc) is 2.85. The van der Waals surface area contributed by atoms with Gasteiger partial charge in [0.2, 0.25) is 5.91 Å². The minimum absolute atomic E-state index is 0.0871. The Morgan fingerprint density at radius 1 is 1.29 bits per heavy atom. The third-order valence-electron chi connectivity index (χ3n) is 4.03. The highest BCUT2D eigenvalue weighted by molar-refractivity contribution is 6.02. The average molecular weight is 288 g/mol. The van der Waals surface area contributed by atoms with Gasteiger partial charge in [0, 0.05) is 17.8 Å². The van der Waals surface area contributed by atoms with Gasteiger partial charge in [0.25, 0.3) is 5.91 Å². The first kappa shape index (κ1) is 13.6. The molecule has 2 aliphatic rings. The van der Waals surface area contributed by atoms with Gasteiger partial charge in [-0.1, -0.05) is 0 Å². The first-order valence-corrected chi connectivity index (χ1v) is 7.03. The monoisotopic (exact) mass is 288 g/mol. The molecule has 2 aliphatic heterocycles. The number of likely N-dealkylation sites (tertiary alicyclic amines) is 1. The maximum Gasteiger partial charge on any atom is 0.326 e. The fraction of sp³-hybridized carbons (Fsp3) is 0.400. The van der Waals surface area contributed by atoms with E-state index in [1.807, 2.05) is 0 Å². The van der Waals surface area contributed by atoms with Gasteiger partial charge in [-0.2, -0.15) is 0 Å². The predicted octanol–water partition coefficient (Wildman–Crippen LogP) is 1.26. The van der Waals surface area contributed by atoms with Crippen molar-refractivity contribution < 1.29 is 19.5 Å². The zero-order chi connectivity index (χ0) is 15.0. The van der Waals surface area contributed by atoms with Gasteiger partial charge in [0.15, 0.2) is 0 Å². The summed E-state index contributed by atoms with van der Waals surface area (Å²) < 4.78 is 0. The molecule has 0 aromatic heterocycles. The number of piperidine rings is 1. The van der Waals surface area contributed by atoms with Gasteiger partial charge in [0.1, 0.15) is 6.04 Å². The molecular formula is C15H16N2O4. The van der Waals surface area contributed by atoms with Crippen molar-refractivity contribution in [2.75, 3.05) is 11.9 Å². The standard InChI is InChI=1S/C15H16N2O4/c18-13-8-10-7-9(4-5-11(10)16-13)14(19)17-6-2-1-3-12(17)15(20)21/h4-5,7,12H,1-3,6,8H2,(H,16,18)(H,20,21). The summed E-state index contributed by atoms with van der Waals surface area (Å²) >= 11 is 0. The van der Waals surface area contributed by atoms with Crippen molar-refractivity contribution in [3.8, 4) is 0 Å². The van der Waals surface area contributed by atoms with E-state index in [0.717, 1.165) is 24.1 Å². The molecule has 110 valence electrons. The third-order valence-corrected chi connectivity index (χ3v) is 4.03. The summed E-state index contributed by atoms with van der Waals surface area (Å²) in [5.74, 6) is -1.32. The van der Waals surface area contributed by atoms with E-state index in [9.17, 15) is 19.5 Å². The number of anilines is 1. The van der Waals surface area contributed by atoms with Crippen LogP contribution in [0.5, 0.6) is 0 Å². The van der Waals surface area contributed by atoms with E-state index >= 15 is 0 Å². The SMILES string of the molecule is O=C1Cc2cc(C(=O)N3CCCCC3C(=O)O)ccc2N1. The molecule has 2 amide bonds. The fourth-order valence-corrected chi connectivity index (χ4v) is 2.96. The van der Waals surface area contributed by atoms with E-state index in [2.05, 4.69) is 5.32 Å². The number of carboxylic acids is 1. The van der Waals surface area contributed by atoms with Crippen molar-refractivity contribution >= 4 is 23.5 Å². The molecule has 1 atom stereocenters. The lowest BCUT2D eigenvalue weighted by Crippen LogP contribution is -2.48. The number of carboxylic acid groups (broad SMARTS) is 1. The minimum atomic E-state index is -0.957. The molecule has 1 saturated heterocycles. The van der Waals surface area contributed by atoms with Crippen LogP contribution in [0, 0.1) is 0 Å². The van der Waals surface area contributed by atoms with Crippen LogP contribution in [0.4, 0.5) is 5.69 Å². The number of carbonyl (C=O) groups excluding carboxylic acids is 2. The molecule has 0 spiro atoms. The molecule has 1 aromatic rings. The first-order valence-electron chi connectivity index (χ1n) is 7.03. The second kappa shape index (κ2) is 5.20. The Hall–Kier alpha value is -2.37. The quantitative estimate of drug-likeness (QED) is 0.857. The van der Waals surface area contributed by atoms with E-state index in [1.165, 1.54) is 4.90 Å². The smallest absolute Gasteiger partial charge is 0.326 e. The van der Waals surface area contributed by atoms with Crippen LogP contribution in [0.2, 0.25) is 0 Å². The molecule has 6 nitrogen and oxygen atoms in total. The van der Waals surface area contributed by atoms with Gasteiger partial charge in [-0.05, 0) is 43.0 Å². The third kappa shape index (κ3) is 2.49. The number of fused-ring (bicyclic) bond motifs is 1. The minimum Gasteiger partial charge on any atom is -0.480 e. The Morgan fingerprint density at radius 2 is 2.10 bits per heavy atom. The number of nitrogens with zero attached hydrogens (tertiary/aromatic N) is 1. The summed E-state index contributed by atoms with van der Waals surface area (Å²) in [6.45, 7) is 0.462. The molecule has 1 fully saturated rings. The van der Waals surface area contributed by atoms with Crippen LogP contribution >= 0.6 is 0 Å². The Kier molecular flexibility index (Phi) is 3.37. The molecule has 3 rings (SSSR count). The van der Waals surface area contributed by atoms with Crippen LogP contribution in [-0.2, 0) is 16.0 Å².